The van der Waals surface area contributed by atoms with Crippen LogP contribution in [-0.4, -0.2) is 6.54 Å². The average molecular weight is 217 g/mol. The monoisotopic (exact) mass is 217 g/mol. The highest BCUT2D eigenvalue weighted by Gasteiger charge is 2.35. The number of hydrogen-bond acceptors (Lipinski definition) is 1. The van der Waals surface area contributed by atoms with Crippen molar-refractivity contribution in [2.45, 2.75) is 46.6 Å². The second-order valence-electron chi connectivity index (χ2n) is 5.27. The smallest absolute Gasteiger partial charge is 0.0357 e. The predicted octanol–water partition coefficient (Wildman–Crippen LogP) is 3.71. The van der Waals surface area contributed by atoms with E-state index >= 15 is 0 Å². The van der Waals surface area contributed by atoms with Gasteiger partial charge >= 0.3 is 0 Å². The molecule has 0 saturated heterocycles. The summed E-state index contributed by atoms with van der Waals surface area (Å²) in [5.74, 6) is 1.38. The zero-order valence-electron chi connectivity index (χ0n) is 11.1. The fraction of sp³-hybridized carbons (Fsp3) is 0.600. The second-order valence-corrected chi connectivity index (χ2v) is 5.27. The van der Waals surface area contributed by atoms with Gasteiger partial charge in [-0.1, -0.05) is 38.5 Å². The van der Waals surface area contributed by atoms with E-state index in [2.05, 4.69) is 52.1 Å². The van der Waals surface area contributed by atoms with Crippen LogP contribution in [0.15, 0.2) is 12.1 Å². The Morgan fingerprint density at radius 3 is 2.50 bits per heavy atom. The highest BCUT2D eigenvalue weighted by molar-refractivity contribution is 5.46. The predicted molar refractivity (Wildman–Crippen MR) is 69.9 cm³/mol. The van der Waals surface area contributed by atoms with Gasteiger partial charge in [0.2, 0.25) is 0 Å². The Balaban J connectivity index is 2.51. The van der Waals surface area contributed by atoms with Crippen molar-refractivity contribution in [3.63, 3.8) is 0 Å². The highest BCUT2D eigenvalue weighted by Crippen LogP contribution is 2.46. The van der Waals surface area contributed by atoms with Crippen LogP contribution in [0.3, 0.4) is 0 Å². The van der Waals surface area contributed by atoms with Crippen molar-refractivity contribution in [2.24, 2.45) is 5.92 Å². The van der Waals surface area contributed by atoms with Crippen LogP contribution in [-0.2, 0) is 0 Å². The maximum atomic E-state index is 3.64. The molecule has 88 valence electrons. The number of hydrogen-bond donors (Lipinski definition) is 1. The van der Waals surface area contributed by atoms with Gasteiger partial charge in [-0.25, -0.2) is 0 Å². The van der Waals surface area contributed by atoms with Crippen LogP contribution in [0.5, 0.6) is 0 Å². The van der Waals surface area contributed by atoms with Gasteiger partial charge in [-0.3, -0.25) is 0 Å². The molecule has 1 aromatic carbocycles. The van der Waals surface area contributed by atoms with E-state index in [1.165, 1.54) is 11.1 Å². The Morgan fingerprint density at radius 1 is 1.19 bits per heavy atom. The molecule has 1 aliphatic rings. The van der Waals surface area contributed by atoms with Crippen molar-refractivity contribution < 1.29 is 0 Å². The van der Waals surface area contributed by atoms with Crippen LogP contribution in [0.4, 0.5) is 0 Å². The van der Waals surface area contributed by atoms with Gasteiger partial charge in [0.25, 0.3) is 0 Å². The normalized spacial score (nSPS) is 28.2. The third-order valence-corrected chi connectivity index (χ3v) is 4.10. The third kappa shape index (κ3) is 1.67. The molecule has 0 saturated carbocycles. The van der Waals surface area contributed by atoms with Gasteiger partial charge in [-0.2, -0.15) is 0 Å². The minimum absolute atomic E-state index is 0.551. The fourth-order valence-electron chi connectivity index (χ4n) is 3.16. The molecular formula is C15H23N. The molecule has 1 nitrogen and oxygen atoms in total. The first-order valence-corrected chi connectivity index (χ1v) is 6.40. The molecule has 0 aromatic heterocycles. The molecule has 1 aromatic rings. The summed E-state index contributed by atoms with van der Waals surface area (Å²) in [6.07, 6.45) is 0. The number of nitrogens with one attached hydrogen (secondary N) is 1. The molecule has 0 aliphatic heterocycles. The van der Waals surface area contributed by atoms with Gasteiger partial charge in [-0.15, -0.1) is 0 Å². The Kier molecular flexibility index (Phi) is 3.07. The lowest BCUT2D eigenvalue weighted by Gasteiger charge is -2.20. The van der Waals surface area contributed by atoms with Crippen molar-refractivity contribution in [1.29, 1.82) is 0 Å². The molecule has 3 atom stereocenters. The number of aryl methyl sites for hydroxylation is 2. The van der Waals surface area contributed by atoms with Crippen LogP contribution < -0.4 is 5.32 Å². The van der Waals surface area contributed by atoms with E-state index in [0.29, 0.717) is 17.9 Å². The minimum atomic E-state index is 0.551. The Morgan fingerprint density at radius 2 is 1.88 bits per heavy atom. The summed E-state index contributed by atoms with van der Waals surface area (Å²) in [6, 6.07) is 5.24. The van der Waals surface area contributed by atoms with Crippen LogP contribution in [0.25, 0.3) is 0 Å². The van der Waals surface area contributed by atoms with E-state index in [-0.39, 0.29) is 0 Å². The number of rotatable bonds is 2. The Bertz CT molecular complexity index is 395. The summed E-state index contributed by atoms with van der Waals surface area (Å²) in [5, 5.41) is 3.64. The molecule has 0 bridgehead atoms. The SMILES string of the molecule is CCNC1c2c(C)cc(C)cc2C(C)C1C. The molecule has 3 unspecified atom stereocenters. The van der Waals surface area contributed by atoms with Crippen molar-refractivity contribution in [1.82, 2.24) is 5.32 Å². The van der Waals surface area contributed by atoms with Crippen LogP contribution in [0.1, 0.15) is 55.0 Å². The highest BCUT2D eigenvalue weighted by atomic mass is 14.9. The van der Waals surface area contributed by atoms with Crippen molar-refractivity contribution >= 4 is 0 Å². The van der Waals surface area contributed by atoms with E-state index in [4.69, 9.17) is 0 Å². The average Bonchev–Trinajstić information content (AvgIpc) is 2.44. The summed E-state index contributed by atoms with van der Waals surface area (Å²) in [6.45, 7) is 12.4. The molecule has 0 spiro atoms. The summed E-state index contributed by atoms with van der Waals surface area (Å²) >= 11 is 0. The van der Waals surface area contributed by atoms with Gasteiger partial charge in [0, 0.05) is 6.04 Å². The first-order chi connectivity index (χ1) is 7.56. The van der Waals surface area contributed by atoms with Crippen molar-refractivity contribution in [3.8, 4) is 0 Å². The second kappa shape index (κ2) is 4.21. The number of fused-ring (bicyclic) bond motifs is 1. The molecular weight excluding hydrogens is 194 g/mol. The van der Waals surface area contributed by atoms with Crippen LogP contribution in [0.2, 0.25) is 0 Å². The summed E-state index contributed by atoms with van der Waals surface area (Å²) < 4.78 is 0. The Labute approximate surface area is 99.3 Å². The van der Waals surface area contributed by atoms with Gasteiger partial charge in [0.15, 0.2) is 0 Å². The van der Waals surface area contributed by atoms with Crippen molar-refractivity contribution in [3.05, 3.63) is 34.4 Å². The largest absolute Gasteiger partial charge is 0.310 e. The van der Waals surface area contributed by atoms with Crippen LogP contribution >= 0.6 is 0 Å². The molecule has 16 heavy (non-hydrogen) atoms. The quantitative estimate of drug-likeness (QED) is 0.796. The lowest BCUT2D eigenvalue weighted by molar-refractivity contribution is 0.386. The van der Waals surface area contributed by atoms with E-state index in [9.17, 15) is 0 Å². The molecule has 0 fully saturated rings. The van der Waals surface area contributed by atoms with Gasteiger partial charge in [0.1, 0.15) is 0 Å². The molecule has 0 heterocycles. The standard InChI is InChI=1S/C15H23N/c1-6-16-15-12(5)11(4)13-8-9(2)7-10(3)14(13)15/h7-8,11-12,15-16H,6H2,1-5H3. The minimum Gasteiger partial charge on any atom is -0.310 e. The zero-order chi connectivity index (χ0) is 11.9. The molecule has 1 N–H and O–H groups in total. The van der Waals surface area contributed by atoms with E-state index in [0.717, 1.165) is 6.54 Å². The number of benzene rings is 1. The van der Waals surface area contributed by atoms with Crippen molar-refractivity contribution in [2.75, 3.05) is 6.54 Å². The van der Waals surface area contributed by atoms with Gasteiger partial charge < -0.3 is 5.32 Å². The molecule has 0 amide bonds. The Hall–Kier alpha value is -0.820. The van der Waals surface area contributed by atoms with Gasteiger partial charge in [-0.05, 0) is 48.9 Å². The molecule has 1 aliphatic carbocycles. The maximum absolute atomic E-state index is 3.64. The first-order valence-electron chi connectivity index (χ1n) is 6.40. The lowest BCUT2D eigenvalue weighted by atomic mass is 9.94. The third-order valence-electron chi connectivity index (χ3n) is 4.10. The lowest BCUT2D eigenvalue weighted by Crippen LogP contribution is -2.24. The molecule has 0 radical (unpaired) electrons. The van der Waals surface area contributed by atoms with E-state index in [1.807, 2.05) is 0 Å². The summed E-state index contributed by atoms with van der Waals surface area (Å²) in [5.41, 5.74) is 5.98. The molecule has 2 rings (SSSR count). The summed E-state index contributed by atoms with van der Waals surface area (Å²) in [4.78, 5) is 0. The van der Waals surface area contributed by atoms with E-state index in [1.54, 1.807) is 11.1 Å². The topological polar surface area (TPSA) is 12.0 Å². The van der Waals surface area contributed by atoms with Crippen LogP contribution in [0, 0.1) is 19.8 Å². The van der Waals surface area contributed by atoms with Gasteiger partial charge in [0.05, 0.1) is 0 Å². The molecule has 1 heteroatoms. The maximum Gasteiger partial charge on any atom is 0.0357 e. The summed E-state index contributed by atoms with van der Waals surface area (Å²) in [7, 11) is 0. The zero-order valence-corrected chi connectivity index (χ0v) is 11.1. The first kappa shape index (κ1) is 11.7. The van der Waals surface area contributed by atoms with E-state index < -0.39 is 0 Å². The fourth-order valence-corrected chi connectivity index (χ4v) is 3.16.